The summed E-state index contributed by atoms with van der Waals surface area (Å²) >= 11 is 0. The highest BCUT2D eigenvalue weighted by molar-refractivity contribution is 5.86. The summed E-state index contributed by atoms with van der Waals surface area (Å²) in [5, 5.41) is 5.73. The van der Waals surface area contributed by atoms with E-state index in [1.165, 1.54) is 0 Å². The van der Waals surface area contributed by atoms with E-state index in [0.717, 1.165) is 0 Å². The van der Waals surface area contributed by atoms with Gasteiger partial charge in [-0.1, -0.05) is 13.5 Å². The van der Waals surface area contributed by atoms with E-state index in [9.17, 15) is 9.18 Å². The number of nitrogens with two attached hydrogens (primary N) is 1. The van der Waals surface area contributed by atoms with Crippen LogP contribution in [0.5, 0.6) is 0 Å². The number of aromatic nitrogens is 6. The third-order valence-corrected chi connectivity index (χ3v) is 5.01. The average Bonchev–Trinajstić information content (AvgIpc) is 3.32. The number of rotatable bonds is 3. The molecule has 0 aliphatic carbocycles. The van der Waals surface area contributed by atoms with Gasteiger partial charge >= 0.3 is 0 Å². The van der Waals surface area contributed by atoms with Crippen molar-refractivity contribution in [3.8, 4) is 0 Å². The number of anilines is 3. The lowest BCUT2D eigenvalue weighted by Crippen LogP contribution is -2.25. The number of allylic oxidation sites excluding steroid dienone is 1. The standard InChI is InChI=1S/C18H25FN8O.C3H7N/c1-10-6-26(7-11(10)19)17-22-14(21-12-8-25(5)24-16(12)28)13-15(23-17)27(9-20-13)18(2,3)4;1-3(2)4/h8-11H,6-7H2,1-5H3,(H,24,28)(H,21,22,23);1,4H2,2H3. The molecule has 11 heteroatoms. The van der Waals surface area contributed by atoms with Crippen LogP contribution in [0.25, 0.3) is 11.2 Å². The van der Waals surface area contributed by atoms with Gasteiger partial charge in [-0.3, -0.25) is 14.6 Å². The largest absolute Gasteiger partial charge is 0.403 e. The first kappa shape index (κ1) is 23.3. The number of hydrogen-bond donors (Lipinski definition) is 3. The smallest absolute Gasteiger partial charge is 0.287 e. The minimum atomic E-state index is -0.916. The van der Waals surface area contributed by atoms with E-state index in [0.29, 0.717) is 40.9 Å². The Morgan fingerprint density at radius 3 is 2.50 bits per heavy atom. The van der Waals surface area contributed by atoms with Crippen molar-refractivity contribution in [1.82, 2.24) is 29.3 Å². The van der Waals surface area contributed by atoms with Gasteiger partial charge in [0.25, 0.3) is 5.56 Å². The molecule has 0 saturated carbocycles. The summed E-state index contributed by atoms with van der Waals surface area (Å²) in [6.07, 6.45) is 2.44. The average molecular weight is 446 g/mol. The van der Waals surface area contributed by atoms with E-state index in [-0.39, 0.29) is 23.6 Å². The van der Waals surface area contributed by atoms with Gasteiger partial charge in [0.15, 0.2) is 17.0 Å². The van der Waals surface area contributed by atoms with Crippen molar-refractivity contribution in [2.75, 3.05) is 23.3 Å². The van der Waals surface area contributed by atoms with Crippen LogP contribution in [0.1, 0.15) is 34.6 Å². The van der Waals surface area contributed by atoms with Gasteiger partial charge < -0.3 is 20.5 Å². The fourth-order valence-corrected chi connectivity index (χ4v) is 3.42. The molecule has 4 N–H and O–H groups in total. The molecule has 174 valence electrons. The van der Waals surface area contributed by atoms with E-state index in [1.54, 1.807) is 31.2 Å². The van der Waals surface area contributed by atoms with Gasteiger partial charge in [0, 0.05) is 25.0 Å². The van der Waals surface area contributed by atoms with Crippen LogP contribution in [0.15, 0.2) is 29.6 Å². The summed E-state index contributed by atoms with van der Waals surface area (Å²) in [4.78, 5) is 27.7. The Bertz CT molecular complexity index is 1160. The number of aryl methyl sites for hydroxylation is 1. The number of halogens is 1. The highest BCUT2D eigenvalue weighted by Crippen LogP contribution is 2.30. The zero-order chi connectivity index (χ0) is 23.8. The Labute approximate surface area is 186 Å². The molecule has 1 aliphatic rings. The second-order valence-electron chi connectivity index (χ2n) is 9.29. The van der Waals surface area contributed by atoms with E-state index in [4.69, 9.17) is 10.7 Å². The van der Waals surface area contributed by atoms with Gasteiger partial charge in [-0.05, 0) is 33.4 Å². The van der Waals surface area contributed by atoms with Crippen molar-refractivity contribution in [2.24, 2.45) is 18.7 Å². The fourth-order valence-electron chi connectivity index (χ4n) is 3.42. The first-order valence-electron chi connectivity index (χ1n) is 10.4. The summed E-state index contributed by atoms with van der Waals surface area (Å²) in [5.74, 6) is 0.773. The number of aromatic amines is 1. The van der Waals surface area contributed by atoms with Gasteiger partial charge in [-0.15, -0.1) is 0 Å². The van der Waals surface area contributed by atoms with Gasteiger partial charge in [0.05, 0.1) is 19.1 Å². The second-order valence-corrected chi connectivity index (χ2v) is 9.29. The third kappa shape index (κ3) is 4.92. The number of hydrogen-bond acceptors (Lipinski definition) is 7. The normalized spacial score (nSPS) is 18.5. The first-order chi connectivity index (χ1) is 14.9. The fraction of sp³-hybridized carbons (Fsp3) is 0.524. The van der Waals surface area contributed by atoms with Crippen molar-refractivity contribution in [1.29, 1.82) is 0 Å². The molecular weight excluding hydrogens is 413 g/mol. The second kappa shape index (κ2) is 8.64. The number of imidazole rings is 1. The van der Waals surface area contributed by atoms with Crippen molar-refractivity contribution < 1.29 is 4.39 Å². The number of alkyl halides is 1. The Kier molecular flexibility index (Phi) is 6.29. The lowest BCUT2D eigenvalue weighted by molar-refractivity contribution is 0.299. The predicted octanol–water partition coefficient (Wildman–Crippen LogP) is 2.62. The van der Waals surface area contributed by atoms with Crippen LogP contribution in [0.3, 0.4) is 0 Å². The topological polar surface area (TPSA) is 123 Å². The molecule has 32 heavy (non-hydrogen) atoms. The molecule has 0 bridgehead atoms. The maximum atomic E-state index is 14.1. The molecule has 10 nitrogen and oxygen atoms in total. The number of nitrogens with zero attached hydrogens (tertiary/aromatic N) is 6. The predicted molar refractivity (Wildman–Crippen MR) is 125 cm³/mol. The monoisotopic (exact) mass is 445 g/mol. The molecule has 3 aromatic rings. The zero-order valence-corrected chi connectivity index (χ0v) is 19.5. The van der Waals surface area contributed by atoms with Crippen molar-refractivity contribution in [3.05, 3.63) is 35.2 Å². The zero-order valence-electron chi connectivity index (χ0n) is 19.5. The van der Waals surface area contributed by atoms with Gasteiger partial charge in [-0.25, -0.2) is 9.37 Å². The van der Waals surface area contributed by atoms with E-state index >= 15 is 0 Å². The molecule has 0 amide bonds. The number of nitrogens with one attached hydrogen (secondary N) is 2. The maximum absolute atomic E-state index is 14.1. The van der Waals surface area contributed by atoms with Crippen LogP contribution in [0.2, 0.25) is 0 Å². The first-order valence-corrected chi connectivity index (χ1v) is 10.4. The molecule has 0 spiro atoms. The van der Waals surface area contributed by atoms with Crippen LogP contribution >= 0.6 is 0 Å². The molecule has 4 rings (SSSR count). The third-order valence-electron chi connectivity index (χ3n) is 5.01. The van der Waals surface area contributed by atoms with E-state index in [2.05, 4.69) is 47.7 Å². The molecule has 4 heterocycles. The molecule has 0 radical (unpaired) electrons. The summed E-state index contributed by atoms with van der Waals surface area (Å²) in [6, 6.07) is 0. The maximum Gasteiger partial charge on any atom is 0.287 e. The number of fused-ring (bicyclic) bond motifs is 1. The molecule has 2 unspecified atom stereocenters. The molecular formula is C21H32FN9O. The molecule has 0 aromatic carbocycles. The lowest BCUT2D eigenvalue weighted by atomic mass is 10.1. The minimum absolute atomic E-state index is 0.0831. The van der Waals surface area contributed by atoms with E-state index in [1.807, 2.05) is 16.4 Å². The van der Waals surface area contributed by atoms with Crippen molar-refractivity contribution in [2.45, 2.75) is 46.3 Å². The molecule has 1 aliphatic heterocycles. The Hall–Kier alpha value is -3.37. The quantitative estimate of drug-likeness (QED) is 0.566. The van der Waals surface area contributed by atoms with E-state index < -0.39 is 6.17 Å². The molecule has 1 saturated heterocycles. The van der Waals surface area contributed by atoms with Gasteiger partial charge in [0.2, 0.25) is 5.95 Å². The van der Waals surface area contributed by atoms with Crippen LogP contribution in [-0.2, 0) is 12.6 Å². The highest BCUT2D eigenvalue weighted by Gasteiger charge is 2.32. The summed E-state index contributed by atoms with van der Waals surface area (Å²) in [5.41, 5.74) is 6.64. The van der Waals surface area contributed by atoms with Gasteiger partial charge in [-0.2, -0.15) is 9.97 Å². The van der Waals surface area contributed by atoms with Crippen LogP contribution in [-0.4, -0.2) is 48.6 Å². The minimum Gasteiger partial charge on any atom is -0.403 e. The van der Waals surface area contributed by atoms with Crippen molar-refractivity contribution >= 4 is 28.6 Å². The van der Waals surface area contributed by atoms with Gasteiger partial charge in [0.1, 0.15) is 11.9 Å². The highest BCUT2D eigenvalue weighted by atomic mass is 19.1. The summed E-state index contributed by atoms with van der Waals surface area (Å²) < 4.78 is 17.6. The SMILES string of the molecule is C=C(C)N.CC1CN(c2nc(Nc3cn(C)[nH]c3=O)c3ncn(C(C)(C)C)c3n2)CC1F. The number of H-pyrrole nitrogens is 1. The van der Waals surface area contributed by atoms with Crippen molar-refractivity contribution in [3.63, 3.8) is 0 Å². The molecule has 1 fully saturated rings. The lowest BCUT2D eigenvalue weighted by Gasteiger charge is -2.22. The Morgan fingerprint density at radius 1 is 1.34 bits per heavy atom. The summed E-state index contributed by atoms with van der Waals surface area (Å²) in [7, 11) is 1.73. The summed E-state index contributed by atoms with van der Waals surface area (Å²) in [6.45, 7) is 13.9. The van der Waals surface area contributed by atoms with Crippen LogP contribution in [0.4, 0.5) is 21.8 Å². The van der Waals surface area contributed by atoms with Crippen LogP contribution < -0.4 is 21.5 Å². The Balaban J connectivity index is 0.000000668. The molecule has 2 atom stereocenters. The molecule has 3 aromatic heterocycles. The van der Waals surface area contributed by atoms with Crippen LogP contribution in [0, 0.1) is 5.92 Å². The Morgan fingerprint density at radius 2 is 2.00 bits per heavy atom.